The lowest BCUT2D eigenvalue weighted by atomic mass is 10.1. The molecule has 1 heterocycles. The van der Waals surface area contributed by atoms with E-state index >= 15 is 0 Å². The lowest BCUT2D eigenvalue weighted by Gasteiger charge is -2.07. The van der Waals surface area contributed by atoms with Crippen molar-refractivity contribution in [3.05, 3.63) is 47.8 Å². The van der Waals surface area contributed by atoms with Gasteiger partial charge in [0.1, 0.15) is 11.6 Å². The maximum absolute atomic E-state index is 13.6. The van der Waals surface area contributed by atoms with Gasteiger partial charge in [-0.05, 0) is 25.1 Å². The van der Waals surface area contributed by atoms with E-state index in [9.17, 15) is 13.2 Å². The van der Waals surface area contributed by atoms with Crippen LogP contribution in [-0.4, -0.2) is 11.5 Å². The van der Waals surface area contributed by atoms with Gasteiger partial charge in [-0.15, -0.1) is 0 Å². The number of pyridine rings is 1. The molecule has 0 spiro atoms. The molecule has 5 heteroatoms. The quantitative estimate of drug-likeness (QED) is 0.844. The highest BCUT2D eigenvalue weighted by Crippen LogP contribution is 2.24. The predicted octanol–water partition coefficient (Wildman–Crippen LogP) is 3.60. The van der Waals surface area contributed by atoms with Crippen molar-refractivity contribution in [3.8, 4) is 11.3 Å². The van der Waals surface area contributed by atoms with E-state index in [1.807, 2.05) is 6.92 Å². The molecule has 0 bridgehead atoms. The van der Waals surface area contributed by atoms with Crippen molar-refractivity contribution < 1.29 is 13.2 Å². The first-order chi connectivity index (χ1) is 8.61. The molecule has 18 heavy (non-hydrogen) atoms. The monoisotopic (exact) mass is 252 g/mol. The Kier molecular flexibility index (Phi) is 3.50. The van der Waals surface area contributed by atoms with Crippen LogP contribution in [0.15, 0.2) is 30.3 Å². The fourth-order valence-corrected chi connectivity index (χ4v) is 1.58. The predicted molar refractivity (Wildman–Crippen MR) is 63.7 cm³/mol. The van der Waals surface area contributed by atoms with Gasteiger partial charge in [0.15, 0.2) is 11.6 Å². The minimum atomic E-state index is -1.21. The molecule has 94 valence electrons. The number of benzene rings is 1. The van der Waals surface area contributed by atoms with Crippen LogP contribution >= 0.6 is 0 Å². The van der Waals surface area contributed by atoms with E-state index in [4.69, 9.17) is 0 Å². The molecule has 0 fully saturated rings. The number of nitrogens with zero attached hydrogens (tertiary/aromatic N) is 1. The van der Waals surface area contributed by atoms with Crippen molar-refractivity contribution in [1.29, 1.82) is 0 Å². The lowest BCUT2D eigenvalue weighted by molar-refractivity contribution is 0.496. The third kappa shape index (κ3) is 2.45. The normalized spacial score (nSPS) is 10.4. The third-order valence-electron chi connectivity index (χ3n) is 2.39. The molecule has 0 aliphatic rings. The Hall–Kier alpha value is -2.04. The van der Waals surface area contributed by atoms with Gasteiger partial charge in [0, 0.05) is 18.2 Å². The Morgan fingerprint density at radius 1 is 1.06 bits per heavy atom. The van der Waals surface area contributed by atoms with Crippen LogP contribution in [0.5, 0.6) is 0 Å². The third-order valence-corrected chi connectivity index (χ3v) is 2.39. The number of anilines is 1. The minimum absolute atomic E-state index is 0.0614. The number of halogens is 3. The molecule has 0 aliphatic heterocycles. The first-order valence-corrected chi connectivity index (χ1v) is 5.47. The van der Waals surface area contributed by atoms with Gasteiger partial charge in [-0.2, -0.15) is 0 Å². The van der Waals surface area contributed by atoms with Gasteiger partial charge in [-0.1, -0.05) is 6.07 Å². The summed E-state index contributed by atoms with van der Waals surface area (Å²) in [6, 6.07) is 6.25. The lowest BCUT2D eigenvalue weighted by Crippen LogP contribution is -2.00. The molecule has 2 nitrogen and oxygen atoms in total. The van der Waals surface area contributed by atoms with Crippen molar-refractivity contribution in [1.82, 2.24) is 4.98 Å². The van der Waals surface area contributed by atoms with Crippen LogP contribution in [0, 0.1) is 17.5 Å². The van der Waals surface area contributed by atoms with Crippen LogP contribution in [0.3, 0.4) is 0 Å². The van der Waals surface area contributed by atoms with E-state index in [-0.39, 0.29) is 11.3 Å². The maximum Gasteiger partial charge on any atom is 0.161 e. The number of rotatable bonds is 3. The molecule has 1 aromatic heterocycles. The molecule has 1 aromatic carbocycles. The van der Waals surface area contributed by atoms with E-state index in [0.29, 0.717) is 18.4 Å². The van der Waals surface area contributed by atoms with Crippen LogP contribution in [0.25, 0.3) is 11.3 Å². The minimum Gasteiger partial charge on any atom is -0.370 e. The van der Waals surface area contributed by atoms with Gasteiger partial charge >= 0.3 is 0 Å². The van der Waals surface area contributed by atoms with Crippen LogP contribution in [0.2, 0.25) is 0 Å². The van der Waals surface area contributed by atoms with E-state index < -0.39 is 17.5 Å². The van der Waals surface area contributed by atoms with Gasteiger partial charge < -0.3 is 5.32 Å². The molecular formula is C13H11F3N2. The molecule has 0 amide bonds. The SMILES string of the molecule is CCNc1cccc(-c2cc(F)c(F)cc2F)n1. The zero-order valence-electron chi connectivity index (χ0n) is 9.67. The smallest absolute Gasteiger partial charge is 0.161 e. The summed E-state index contributed by atoms with van der Waals surface area (Å²) < 4.78 is 39.5. The van der Waals surface area contributed by atoms with E-state index in [2.05, 4.69) is 10.3 Å². The van der Waals surface area contributed by atoms with Crippen molar-refractivity contribution in [2.24, 2.45) is 0 Å². The Morgan fingerprint density at radius 3 is 2.50 bits per heavy atom. The zero-order chi connectivity index (χ0) is 13.1. The van der Waals surface area contributed by atoms with Crippen molar-refractivity contribution in [2.75, 3.05) is 11.9 Å². The number of hydrogen-bond acceptors (Lipinski definition) is 2. The fraction of sp³-hybridized carbons (Fsp3) is 0.154. The average Bonchev–Trinajstić information content (AvgIpc) is 2.34. The first-order valence-electron chi connectivity index (χ1n) is 5.47. The molecule has 0 unspecified atom stereocenters. The number of hydrogen-bond donors (Lipinski definition) is 1. The second-order valence-corrected chi connectivity index (χ2v) is 3.68. The number of nitrogens with one attached hydrogen (secondary N) is 1. The Balaban J connectivity index is 2.48. The summed E-state index contributed by atoms with van der Waals surface area (Å²) in [4.78, 5) is 4.12. The van der Waals surface area contributed by atoms with Crippen molar-refractivity contribution in [2.45, 2.75) is 6.92 Å². The van der Waals surface area contributed by atoms with Crippen molar-refractivity contribution in [3.63, 3.8) is 0 Å². The maximum atomic E-state index is 13.6. The van der Waals surface area contributed by atoms with E-state index in [1.165, 1.54) is 6.07 Å². The number of aromatic nitrogens is 1. The highest BCUT2D eigenvalue weighted by Gasteiger charge is 2.12. The topological polar surface area (TPSA) is 24.9 Å². The Labute approximate surface area is 102 Å². The summed E-state index contributed by atoms with van der Waals surface area (Å²) in [6.07, 6.45) is 0. The molecule has 0 saturated carbocycles. The highest BCUT2D eigenvalue weighted by atomic mass is 19.2. The Morgan fingerprint density at radius 2 is 1.78 bits per heavy atom. The Bertz CT molecular complexity index is 570. The van der Waals surface area contributed by atoms with Crippen LogP contribution < -0.4 is 5.32 Å². The standard InChI is InChI=1S/C13H11F3N2/c1-2-17-13-5-3-4-12(18-13)8-6-10(15)11(16)7-9(8)14/h3-7H,2H2,1H3,(H,17,18). The average molecular weight is 252 g/mol. The fourth-order valence-electron chi connectivity index (χ4n) is 1.58. The summed E-state index contributed by atoms with van der Waals surface area (Å²) in [7, 11) is 0. The van der Waals surface area contributed by atoms with Crippen molar-refractivity contribution >= 4 is 5.82 Å². The summed E-state index contributed by atoms with van der Waals surface area (Å²) in [5.41, 5.74) is 0.193. The van der Waals surface area contributed by atoms with Gasteiger partial charge in [0.25, 0.3) is 0 Å². The summed E-state index contributed by atoms with van der Waals surface area (Å²) in [5.74, 6) is -2.59. The molecule has 1 N–H and O–H groups in total. The van der Waals surface area contributed by atoms with Crippen LogP contribution in [0.4, 0.5) is 19.0 Å². The largest absolute Gasteiger partial charge is 0.370 e. The molecule has 0 atom stereocenters. The van der Waals surface area contributed by atoms with E-state index in [1.54, 1.807) is 12.1 Å². The summed E-state index contributed by atoms with van der Waals surface area (Å²) in [5, 5.41) is 2.96. The molecule has 2 aromatic rings. The van der Waals surface area contributed by atoms with Gasteiger partial charge in [0.2, 0.25) is 0 Å². The van der Waals surface area contributed by atoms with Gasteiger partial charge in [-0.25, -0.2) is 18.2 Å². The summed E-state index contributed by atoms with van der Waals surface area (Å²) in [6.45, 7) is 2.56. The second-order valence-electron chi connectivity index (χ2n) is 3.68. The van der Waals surface area contributed by atoms with Gasteiger partial charge in [0.05, 0.1) is 5.69 Å². The zero-order valence-corrected chi connectivity index (χ0v) is 9.67. The highest BCUT2D eigenvalue weighted by molar-refractivity contribution is 5.62. The van der Waals surface area contributed by atoms with Gasteiger partial charge in [-0.3, -0.25) is 0 Å². The van der Waals surface area contributed by atoms with E-state index in [0.717, 1.165) is 6.07 Å². The summed E-state index contributed by atoms with van der Waals surface area (Å²) >= 11 is 0. The molecule has 0 saturated heterocycles. The molecule has 0 aliphatic carbocycles. The molecule has 0 radical (unpaired) electrons. The first kappa shape index (κ1) is 12.4. The molecule has 2 rings (SSSR count). The van der Waals surface area contributed by atoms with Crippen LogP contribution in [0.1, 0.15) is 6.92 Å². The second kappa shape index (κ2) is 5.08. The van der Waals surface area contributed by atoms with Crippen LogP contribution in [-0.2, 0) is 0 Å². The molecular weight excluding hydrogens is 241 g/mol.